The Kier molecular flexibility index (Phi) is 6.21. The molecule has 2 aliphatic carbocycles. The largest absolute Gasteiger partial charge is 0.344 e. The van der Waals surface area contributed by atoms with Crippen molar-refractivity contribution in [1.82, 2.24) is 0 Å². The molecule has 1 heterocycles. The third kappa shape index (κ3) is 3.51. The molecule has 1 saturated heterocycles. The van der Waals surface area contributed by atoms with E-state index in [9.17, 15) is 0 Å². The third-order valence-electron chi connectivity index (χ3n) is 6.11. The molecule has 0 aromatic carbocycles. The SMILES string of the molecule is CCCCCCCCCCCCC1=C2CCC23OC3(OCC)C=C1. The van der Waals surface area contributed by atoms with Gasteiger partial charge in [-0.1, -0.05) is 70.8 Å². The van der Waals surface area contributed by atoms with Gasteiger partial charge in [-0.05, 0) is 49.8 Å². The molecule has 0 amide bonds. The molecule has 1 spiro atoms. The molecule has 2 atom stereocenters. The van der Waals surface area contributed by atoms with Crippen LogP contribution in [-0.4, -0.2) is 18.0 Å². The van der Waals surface area contributed by atoms with Crippen LogP contribution in [0, 0.1) is 0 Å². The highest BCUT2D eigenvalue weighted by Gasteiger charge is 2.76. The summed E-state index contributed by atoms with van der Waals surface area (Å²) < 4.78 is 11.9. The van der Waals surface area contributed by atoms with E-state index in [0.29, 0.717) is 0 Å². The molecule has 0 N–H and O–H groups in total. The quantitative estimate of drug-likeness (QED) is 0.285. The van der Waals surface area contributed by atoms with Gasteiger partial charge >= 0.3 is 0 Å². The molecule has 2 nitrogen and oxygen atoms in total. The first kappa shape index (κ1) is 18.2. The summed E-state index contributed by atoms with van der Waals surface area (Å²) in [5.74, 6) is -0.378. The fraction of sp³-hybridized carbons (Fsp3) is 0.818. The second kappa shape index (κ2) is 8.19. The molecule has 0 aromatic rings. The van der Waals surface area contributed by atoms with Crippen LogP contribution < -0.4 is 0 Å². The standard InChI is InChI=1S/C22H36O2/c1-3-5-6-7-8-9-10-11-12-13-14-19-15-18-22(23-4-2)21(24-22)17-16-20(19)21/h15,18H,3-14,16-17H2,1-2H3. The molecule has 2 heteroatoms. The van der Waals surface area contributed by atoms with Crippen molar-refractivity contribution in [1.29, 1.82) is 0 Å². The normalized spacial score (nSPS) is 30.1. The molecule has 1 saturated carbocycles. The molecule has 1 aliphatic heterocycles. The molecule has 0 radical (unpaired) electrons. The molecular weight excluding hydrogens is 296 g/mol. The maximum atomic E-state index is 6.06. The average Bonchev–Trinajstić information content (AvgIpc) is 3.25. The maximum absolute atomic E-state index is 6.06. The summed E-state index contributed by atoms with van der Waals surface area (Å²) in [5.41, 5.74) is 3.06. The van der Waals surface area contributed by atoms with Gasteiger partial charge in [-0.25, -0.2) is 0 Å². The Morgan fingerprint density at radius 3 is 2.21 bits per heavy atom. The fourth-order valence-corrected chi connectivity index (χ4v) is 4.55. The van der Waals surface area contributed by atoms with E-state index in [1.165, 1.54) is 77.0 Å². The second-order valence-electron chi connectivity index (χ2n) is 7.80. The van der Waals surface area contributed by atoms with E-state index in [0.717, 1.165) is 13.0 Å². The van der Waals surface area contributed by atoms with Crippen LogP contribution in [0.4, 0.5) is 0 Å². The van der Waals surface area contributed by atoms with E-state index in [4.69, 9.17) is 9.47 Å². The van der Waals surface area contributed by atoms with Gasteiger partial charge in [-0.15, -0.1) is 0 Å². The first-order valence-corrected chi connectivity index (χ1v) is 10.5. The number of epoxide rings is 1. The molecule has 3 rings (SSSR count). The summed E-state index contributed by atoms with van der Waals surface area (Å²) >= 11 is 0. The first-order valence-electron chi connectivity index (χ1n) is 10.5. The Balaban J connectivity index is 1.29. The van der Waals surface area contributed by atoms with Gasteiger partial charge in [0, 0.05) is 6.61 Å². The fourth-order valence-electron chi connectivity index (χ4n) is 4.55. The van der Waals surface area contributed by atoms with Crippen LogP contribution in [0.2, 0.25) is 0 Å². The van der Waals surface area contributed by atoms with Crippen LogP contribution in [0.5, 0.6) is 0 Å². The predicted octanol–water partition coefficient (Wildman–Crippen LogP) is 6.46. The van der Waals surface area contributed by atoms with Crippen LogP contribution in [-0.2, 0) is 9.47 Å². The summed E-state index contributed by atoms with van der Waals surface area (Å²) in [6.07, 6.45) is 22.1. The predicted molar refractivity (Wildman–Crippen MR) is 100 cm³/mol. The van der Waals surface area contributed by atoms with Crippen molar-refractivity contribution in [3.63, 3.8) is 0 Å². The van der Waals surface area contributed by atoms with Crippen LogP contribution in [0.25, 0.3) is 0 Å². The molecule has 3 aliphatic rings. The van der Waals surface area contributed by atoms with Crippen molar-refractivity contribution in [3.8, 4) is 0 Å². The summed E-state index contributed by atoms with van der Waals surface area (Å²) in [5, 5.41) is 0. The number of unbranched alkanes of at least 4 members (excludes halogenated alkanes) is 9. The molecule has 136 valence electrons. The zero-order valence-corrected chi connectivity index (χ0v) is 15.9. The first-order chi connectivity index (χ1) is 11.8. The van der Waals surface area contributed by atoms with Crippen molar-refractivity contribution >= 4 is 0 Å². The molecular formula is C22H36O2. The van der Waals surface area contributed by atoms with E-state index in [-0.39, 0.29) is 11.4 Å². The molecule has 0 bridgehead atoms. The zero-order chi connectivity index (χ0) is 16.9. The van der Waals surface area contributed by atoms with Gasteiger partial charge in [0.25, 0.3) is 0 Å². The van der Waals surface area contributed by atoms with Crippen LogP contribution in [0.3, 0.4) is 0 Å². The van der Waals surface area contributed by atoms with E-state index >= 15 is 0 Å². The Bertz CT molecular complexity index is 478. The summed E-state index contributed by atoms with van der Waals surface area (Å²) in [4.78, 5) is 0. The Labute approximate surface area is 148 Å². The van der Waals surface area contributed by atoms with Crippen LogP contribution in [0.1, 0.15) is 97.3 Å². The number of ether oxygens (including phenoxy) is 2. The van der Waals surface area contributed by atoms with Gasteiger partial charge in [0.15, 0.2) is 5.60 Å². The van der Waals surface area contributed by atoms with E-state index in [2.05, 4.69) is 26.0 Å². The van der Waals surface area contributed by atoms with Gasteiger partial charge in [0.2, 0.25) is 5.79 Å². The summed E-state index contributed by atoms with van der Waals surface area (Å²) in [6, 6.07) is 0. The minimum atomic E-state index is -0.378. The lowest BCUT2D eigenvalue weighted by atomic mass is 9.69. The maximum Gasteiger partial charge on any atom is 0.223 e. The number of allylic oxidation sites excluding steroid dienone is 2. The topological polar surface area (TPSA) is 21.8 Å². The third-order valence-corrected chi connectivity index (χ3v) is 6.11. The lowest BCUT2D eigenvalue weighted by Gasteiger charge is -2.34. The van der Waals surface area contributed by atoms with Crippen LogP contribution >= 0.6 is 0 Å². The average molecular weight is 333 g/mol. The van der Waals surface area contributed by atoms with Crippen molar-refractivity contribution in [2.24, 2.45) is 0 Å². The number of rotatable bonds is 13. The molecule has 2 unspecified atom stereocenters. The second-order valence-corrected chi connectivity index (χ2v) is 7.80. The van der Waals surface area contributed by atoms with Gasteiger partial charge < -0.3 is 9.47 Å². The summed E-state index contributed by atoms with van der Waals surface area (Å²) in [7, 11) is 0. The minimum Gasteiger partial charge on any atom is -0.344 e. The smallest absolute Gasteiger partial charge is 0.223 e. The van der Waals surface area contributed by atoms with Gasteiger partial charge in [-0.3, -0.25) is 0 Å². The van der Waals surface area contributed by atoms with Crippen molar-refractivity contribution < 1.29 is 9.47 Å². The highest BCUT2D eigenvalue weighted by atomic mass is 16.8. The highest BCUT2D eigenvalue weighted by Crippen LogP contribution is 2.67. The minimum absolute atomic E-state index is 0.0361. The van der Waals surface area contributed by atoms with Gasteiger partial charge in [0.05, 0.1) is 0 Å². The zero-order valence-electron chi connectivity index (χ0n) is 15.9. The number of hydrogen-bond donors (Lipinski definition) is 0. The van der Waals surface area contributed by atoms with E-state index in [1.54, 1.807) is 11.1 Å². The van der Waals surface area contributed by atoms with Gasteiger partial charge in [-0.2, -0.15) is 0 Å². The molecule has 0 aromatic heterocycles. The monoisotopic (exact) mass is 332 g/mol. The van der Waals surface area contributed by atoms with E-state index in [1.807, 2.05) is 0 Å². The highest BCUT2D eigenvalue weighted by molar-refractivity contribution is 5.52. The van der Waals surface area contributed by atoms with Crippen molar-refractivity contribution in [2.75, 3.05) is 6.61 Å². The summed E-state index contributed by atoms with van der Waals surface area (Å²) in [6.45, 7) is 5.07. The van der Waals surface area contributed by atoms with Gasteiger partial charge in [0.1, 0.15) is 0 Å². The van der Waals surface area contributed by atoms with Crippen molar-refractivity contribution in [3.05, 3.63) is 23.3 Å². The van der Waals surface area contributed by atoms with E-state index < -0.39 is 0 Å². The Morgan fingerprint density at radius 1 is 0.958 bits per heavy atom. The number of hydrogen-bond acceptors (Lipinski definition) is 2. The van der Waals surface area contributed by atoms with Crippen LogP contribution in [0.15, 0.2) is 23.3 Å². The molecule has 24 heavy (non-hydrogen) atoms. The Morgan fingerprint density at radius 2 is 1.62 bits per heavy atom. The Hall–Kier alpha value is -0.600. The molecule has 2 fully saturated rings. The van der Waals surface area contributed by atoms with Crippen molar-refractivity contribution in [2.45, 2.75) is 109 Å². The lowest BCUT2D eigenvalue weighted by molar-refractivity contribution is -0.00167. The lowest BCUT2D eigenvalue weighted by Crippen LogP contribution is -2.39.